The van der Waals surface area contributed by atoms with E-state index in [4.69, 9.17) is 16.3 Å². The summed E-state index contributed by atoms with van der Waals surface area (Å²) in [4.78, 5) is 0.249. The molecule has 0 unspecified atom stereocenters. The van der Waals surface area contributed by atoms with Gasteiger partial charge in [-0.3, -0.25) is 0 Å². The van der Waals surface area contributed by atoms with Crippen molar-refractivity contribution in [2.24, 2.45) is 0 Å². The molecular weight excluding hydrogens is 421 g/mol. The summed E-state index contributed by atoms with van der Waals surface area (Å²) in [6.45, 7) is 5.96. The minimum absolute atomic E-state index is 0.130. The van der Waals surface area contributed by atoms with E-state index in [0.29, 0.717) is 33.4 Å². The summed E-state index contributed by atoms with van der Waals surface area (Å²) in [6, 6.07) is 7.99. The molecule has 1 N–H and O–H groups in total. The van der Waals surface area contributed by atoms with Crippen LogP contribution in [0.4, 0.5) is 4.39 Å². The van der Waals surface area contributed by atoms with E-state index in [-0.39, 0.29) is 23.2 Å². The molecule has 0 aliphatic heterocycles. The lowest BCUT2D eigenvalue weighted by molar-refractivity contribution is 0.406. The number of halogens is 2. The van der Waals surface area contributed by atoms with Gasteiger partial charge in [0.15, 0.2) is 0 Å². The maximum Gasteiger partial charge on any atom is 0.240 e. The number of sulfonamides is 1. The fourth-order valence-electron chi connectivity index (χ4n) is 2.77. The molecule has 0 saturated carbocycles. The van der Waals surface area contributed by atoms with E-state index >= 15 is 0 Å². The van der Waals surface area contributed by atoms with Crippen molar-refractivity contribution in [1.29, 1.82) is 0 Å². The third-order valence-electron chi connectivity index (χ3n) is 4.29. The minimum atomic E-state index is -3.65. The molecule has 2 aromatic rings. The maximum atomic E-state index is 13.8. The first-order valence-corrected chi connectivity index (χ1v) is 11.9. The number of thioether (sulfide) groups is 1. The van der Waals surface area contributed by atoms with Gasteiger partial charge >= 0.3 is 0 Å². The van der Waals surface area contributed by atoms with Gasteiger partial charge in [-0.15, -0.1) is 0 Å². The summed E-state index contributed by atoms with van der Waals surface area (Å²) in [7, 11) is -2.08. The number of hydrogen-bond acceptors (Lipinski definition) is 4. The summed E-state index contributed by atoms with van der Waals surface area (Å²) in [5, 5.41) is 0.378. The zero-order chi connectivity index (χ0) is 20.9. The Balaban J connectivity index is 2.01. The number of hydrogen-bond donors (Lipinski definition) is 1. The van der Waals surface area contributed by atoms with Gasteiger partial charge in [-0.05, 0) is 48.2 Å². The van der Waals surface area contributed by atoms with Crippen molar-refractivity contribution in [2.45, 2.75) is 37.3 Å². The van der Waals surface area contributed by atoms with E-state index in [1.165, 1.54) is 17.8 Å². The molecule has 28 heavy (non-hydrogen) atoms. The minimum Gasteiger partial charge on any atom is -0.496 e. The topological polar surface area (TPSA) is 55.4 Å². The van der Waals surface area contributed by atoms with Crippen molar-refractivity contribution >= 4 is 33.4 Å². The van der Waals surface area contributed by atoms with Crippen LogP contribution in [-0.4, -0.2) is 27.8 Å². The average molecular weight is 446 g/mol. The van der Waals surface area contributed by atoms with Crippen LogP contribution in [0.1, 0.15) is 36.5 Å². The molecule has 8 heteroatoms. The van der Waals surface area contributed by atoms with Crippen LogP contribution >= 0.6 is 23.4 Å². The highest BCUT2D eigenvalue weighted by Crippen LogP contribution is 2.31. The van der Waals surface area contributed by atoms with Gasteiger partial charge in [0, 0.05) is 28.6 Å². The molecule has 0 fully saturated rings. The van der Waals surface area contributed by atoms with Crippen LogP contribution in [0.25, 0.3) is 0 Å². The average Bonchev–Trinajstić information content (AvgIpc) is 2.62. The first-order chi connectivity index (χ1) is 13.2. The van der Waals surface area contributed by atoms with Crippen molar-refractivity contribution in [1.82, 2.24) is 4.72 Å². The molecule has 0 amide bonds. The van der Waals surface area contributed by atoms with Crippen LogP contribution < -0.4 is 9.46 Å². The summed E-state index contributed by atoms with van der Waals surface area (Å²) >= 11 is 7.42. The Bertz CT molecular complexity index is 913. The molecule has 4 nitrogen and oxygen atoms in total. The summed E-state index contributed by atoms with van der Waals surface area (Å²) in [6.07, 6.45) is 0. The van der Waals surface area contributed by atoms with Gasteiger partial charge in [-0.1, -0.05) is 31.5 Å². The van der Waals surface area contributed by atoms with E-state index < -0.39 is 10.0 Å². The predicted octanol–water partition coefficient (Wildman–Crippen LogP) is 5.13. The Labute approximate surface area is 175 Å². The number of methoxy groups -OCH3 is 1. The van der Waals surface area contributed by atoms with Crippen LogP contribution in [0.3, 0.4) is 0 Å². The zero-order valence-corrected chi connectivity index (χ0v) is 18.8. The standard InChI is InChI=1S/C20H25ClFNO3S2/c1-13(2)15-11-20(14(3)10-19(15)26-4)28(24,25)23-8-9-27-12-16-17(21)6-5-7-18(16)22/h5-7,10-11,13,23H,8-9,12H2,1-4H3. The third kappa shape index (κ3) is 5.63. The van der Waals surface area contributed by atoms with E-state index in [1.807, 2.05) is 13.8 Å². The second kappa shape index (κ2) is 9.96. The number of benzene rings is 2. The molecular formula is C20H25ClFNO3S2. The van der Waals surface area contributed by atoms with Crippen molar-refractivity contribution in [3.8, 4) is 5.75 Å². The van der Waals surface area contributed by atoms with E-state index in [1.54, 1.807) is 38.3 Å². The fourth-order valence-corrected chi connectivity index (χ4v) is 5.38. The molecule has 0 saturated heterocycles. The summed E-state index contributed by atoms with van der Waals surface area (Å²) in [5.74, 6) is 1.34. The SMILES string of the molecule is COc1cc(C)c(S(=O)(=O)NCCSCc2c(F)cccc2Cl)cc1C(C)C. The Morgan fingerprint density at radius 1 is 1.29 bits per heavy atom. The second-order valence-corrected chi connectivity index (χ2v) is 9.91. The van der Waals surface area contributed by atoms with Crippen molar-refractivity contribution in [3.05, 3.63) is 57.9 Å². The number of ether oxygens (including phenoxy) is 1. The van der Waals surface area contributed by atoms with Gasteiger partial charge in [0.1, 0.15) is 11.6 Å². The molecule has 154 valence electrons. The van der Waals surface area contributed by atoms with Crippen LogP contribution in [0.5, 0.6) is 5.75 Å². The Morgan fingerprint density at radius 3 is 2.61 bits per heavy atom. The predicted molar refractivity (Wildman–Crippen MR) is 115 cm³/mol. The number of nitrogens with one attached hydrogen (secondary N) is 1. The van der Waals surface area contributed by atoms with E-state index in [9.17, 15) is 12.8 Å². The van der Waals surface area contributed by atoms with Gasteiger partial charge in [-0.2, -0.15) is 11.8 Å². The van der Waals surface area contributed by atoms with Crippen LogP contribution in [-0.2, 0) is 15.8 Å². The first kappa shape index (κ1) is 23.0. The molecule has 0 aromatic heterocycles. The highest BCUT2D eigenvalue weighted by atomic mass is 35.5. The fraction of sp³-hybridized carbons (Fsp3) is 0.400. The van der Waals surface area contributed by atoms with Crippen LogP contribution in [0.2, 0.25) is 5.02 Å². The molecule has 0 bridgehead atoms. The van der Waals surface area contributed by atoms with Crippen molar-refractivity contribution in [3.63, 3.8) is 0 Å². The second-order valence-electron chi connectivity index (χ2n) is 6.66. The smallest absolute Gasteiger partial charge is 0.240 e. The van der Waals surface area contributed by atoms with Crippen LogP contribution in [0, 0.1) is 12.7 Å². The van der Waals surface area contributed by atoms with Gasteiger partial charge in [0.2, 0.25) is 10.0 Å². The Hall–Kier alpha value is -1.28. The largest absolute Gasteiger partial charge is 0.496 e. The van der Waals surface area contributed by atoms with Gasteiger partial charge in [-0.25, -0.2) is 17.5 Å². The van der Waals surface area contributed by atoms with E-state index in [2.05, 4.69) is 4.72 Å². The van der Waals surface area contributed by atoms with Crippen molar-refractivity contribution in [2.75, 3.05) is 19.4 Å². The molecule has 0 atom stereocenters. The molecule has 0 heterocycles. The monoisotopic (exact) mass is 445 g/mol. The Kier molecular flexibility index (Phi) is 8.18. The highest BCUT2D eigenvalue weighted by molar-refractivity contribution is 7.98. The number of rotatable bonds is 9. The van der Waals surface area contributed by atoms with Crippen molar-refractivity contribution < 1.29 is 17.5 Å². The summed E-state index contributed by atoms with van der Waals surface area (Å²) < 4.78 is 47.2. The molecule has 2 aromatic carbocycles. The molecule has 0 aliphatic rings. The lowest BCUT2D eigenvalue weighted by Crippen LogP contribution is -2.27. The normalized spacial score (nSPS) is 11.8. The highest BCUT2D eigenvalue weighted by Gasteiger charge is 2.20. The molecule has 0 spiro atoms. The van der Waals surface area contributed by atoms with Gasteiger partial charge in [0.05, 0.1) is 12.0 Å². The summed E-state index contributed by atoms with van der Waals surface area (Å²) in [5.41, 5.74) is 1.90. The molecule has 2 rings (SSSR count). The maximum absolute atomic E-state index is 13.8. The van der Waals surface area contributed by atoms with E-state index in [0.717, 1.165) is 5.56 Å². The van der Waals surface area contributed by atoms with Crippen LogP contribution in [0.15, 0.2) is 35.2 Å². The molecule has 0 aliphatic carbocycles. The number of aryl methyl sites for hydroxylation is 1. The van der Waals surface area contributed by atoms with Gasteiger partial charge < -0.3 is 4.74 Å². The first-order valence-electron chi connectivity index (χ1n) is 8.86. The lowest BCUT2D eigenvalue weighted by Gasteiger charge is -2.16. The zero-order valence-electron chi connectivity index (χ0n) is 16.4. The quantitative estimate of drug-likeness (QED) is 0.543. The Morgan fingerprint density at radius 2 is 2.00 bits per heavy atom. The third-order valence-corrected chi connectivity index (χ3v) is 7.23. The molecule has 0 radical (unpaired) electrons. The lowest BCUT2D eigenvalue weighted by atomic mass is 10.0. The van der Waals surface area contributed by atoms with Gasteiger partial charge in [0.25, 0.3) is 0 Å².